The third kappa shape index (κ3) is 2.59. The molecule has 7 heteroatoms. The number of fused-ring (bicyclic) bond motifs is 1. The van der Waals surface area contributed by atoms with E-state index in [-0.39, 0.29) is 19.2 Å². The van der Waals surface area contributed by atoms with Crippen molar-refractivity contribution in [3.8, 4) is 11.5 Å². The zero-order valence-electron chi connectivity index (χ0n) is 13.4. The minimum atomic E-state index is -1.15. The minimum absolute atomic E-state index is 0.151. The summed E-state index contributed by atoms with van der Waals surface area (Å²) in [6.45, 7) is 2.02. The Morgan fingerprint density at radius 3 is 2.60 bits per heavy atom. The van der Waals surface area contributed by atoms with E-state index in [1.807, 2.05) is 0 Å². The van der Waals surface area contributed by atoms with Gasteiger partial charge in [0.05, 0.1) is 6.54 Å². The Morgan fingerprint density at radius 1 is 1.12 bits per heavy atom. The normalized spacial score (nSPS) is 21.6. The molecule has 0 bridgehead atoms. The van der Waals surface area contributed by atoms with Crippen molar-refractivity contribution in [2.75, 3.05) is 6.79 Å². The van der Waals surface area contributed by atoms with E-state index in [4.69, 9.17) is 21.1 Å². The number of nitrogens with zero attached hydrogens (tertiary/aromatic N) is 1. The maximum Gasteiger partial charge on any atom is 0.325 e. The third-order valence-corrected chi connectivity index (χ3v) is 4.73. The maximum atomic E-state index is 13.0. The van der Waals surface area contributed by atoms with Gasteiger partial charge in [-0.1, -0.05) is 29.8 Å². The molecule has 0 saturated carbocycles. The van der Waals surface area contributed by atoms with Crippen LogP contribution in [0.1, 0.15) is 18.1 Å². The number of carbonyl (C=O) groups excluding carboxylic acids is 2. The fourth-order valence-corrected chi connectivity index (χ4v) is 3.14. The van der Waals surface area contributed by atoms with E-state index in [0.717, 1.165) is 5.56 Å². The molecule has 2 aliphatic rings. The first-order valence-corrected chi connectivity index (χ1v) is 8.14. The molecule has 25 heavy (non-hydrogen) atoms. The molecule has 2 aliphatic heterocycles. The summed E-state index contributed by atoms with van der Waals surface area (Å²) in [7, 11) is 0. The van der Waals surface area contributed by atoms with Crippen molar-refractivity contribution in [3.05, 3.63) is 58.6 Å². The number of nitrogens with one attached hydrogen (secondary N) is 1. The van der Waals surface area contributed by atoms with Crippen LogP contribution in [0, 0.1) is 0 Å². The van der Waals surface area contributed by atoms with Crippen molar-refractivity contribution < 1.29 is 19.1 Å². The molecule has 2 aromatic carbocycles. The van der Waals surface area contributed by atoms with Crippen molar-refractivity contribution in [2.24, 2.45) is 0 Å². The van der Waals surface area contributed by atoms with Gasteiger partial charge in [0.25, 0.3) is 5.91 Å². The highest BCUT2D eigenvalue weighted by atomic mass is 35.5. The zero-order valence-corrected chi connectivity index (χ0v) is 14.2. The predicted octanol–water partition coefficient (Wildman–Crippen LogP) is 3.04. The first-order valence-electron chi connectivity index (χ1n) is 7.76. The quantitative estimate of drug-likeness (QED) is 0.856. The molecule has 2 aromatic rings. The fourth-order valence-electron chi connectivity index (χ4n) is 3.02. The number of urea groups is 1. The molecule has 0 unspecified atom stereocenters. The molecule has 1 atom stereocenters. The molecule has 2 heterocycles. The Bertz CT molecular complexity index is 868. The first kappa shape index (κ1) is 15.8. The summed E-state index contributed by atoms with van der Waals surface area (Å²) in [6.07, 6.45) is 0. The standard InChI is InChI=1S/C18H15ClN2O4/c1-18(12-4-7-14-15(8-12)25-10-24-14)16(22)21(17(23)20-18)9-11-2-5-13(19)6-3-11/h2-8H,9-10H2,1H3,(H,20,23)/t18-/m1/s1. The monoisotopic (exact) mass is 358 g/mol. The number of carbonyl (C=O) groups is 2. The molecular weight excluding hydrogens is 344 g/mol. The van der Waals surface area contributed by atoms with Gasteiger partial charge in [-0.2, -0.15) is 0 Å². The molecule has 0 radical (unpaired) electrons. The molecule has 0 aliphatic carbocycles. The van der Waals surface area contributed by atoms with Crippen LogP contribution in [0.3, 0.4) is 0 Å². The van der Waals surface area contributed by atoms with E-state index in [1.165, 1.54) is 4.90 Å². The number of rotatable bonds is 3. The summed E-state index contributed by atoms with van der Waals surface area (Å²) in [5, 5.41) is 3.39. The molecule has 1 fully saturated rings. The van der Waals surface area contributed by atoms with Crippen LogP contribution in [0.5, 0.6) is 11.5 Å². The Kier molecular flexibility index (Phi) is 3.58. The summed E-state index contributed by atoms with van der Waals surface area (Å²) in [5.74, 6) is 0.880. The van der Waals surface area contributed by atoms with Crippen LogP contribution < -0.4 is 14.8 Å². The van der Waals surface area contributed by atoms with E-state index in [0.29, 0.717) is 22.1 Å². The lowest BCUT2D eigenvalue weighted by Crippen LogP contribution is -2.40. The van der Waals surface area contributed by atoms with Crippen molar-refractivity contribution >= 4 is 23.5 Å². The summed E-state index contributed by atoms with van der Waals surface area (Å²) >= 11 is 5.88. The number of ether oxygens (including phenoxy) is 2. The Morgan fingerprint density at radius 2 is 1.84 bits per heavy atom. The van der Waals surface area contributed by atoms with Crippen LogP contribution in [-0.2, 0) is 16.9 Å². The number of hydrogen-bond acceptors (Lipinski definition) is 4. The minimum Gasteiger partial charge on any atom is -0.454 e. The number of benzene rings is 2. The van der Waals surface area contributed by atoms with Gasteiger partial charge in [-0.05, 0) is 42.3 Å². The van der Waals surface area contributed by atoms with Crippen LogP contribution in [-0.4, -0.2) is 23.6 Å². The SMILES string of the molecule is C[C@]1(c2ccc3c(c2)OCO3)NC(=O)N(Cc2ccc(Cl)cc2)C1=O. The topological polar surface area (TPSA) is 67.9 Å². The lowest BCUT2D eigenvalue weighted by molar-refractivity contribution is -0.131. The fraction of sp³-hybridized carbons (Fsp3) is 0.222. The van der Waals surface area contributed by atoms with Gasteiger partial charge in [-0.3, -0.25) is 9.69 Å². The van der Waals surface area contributed by atoms with Crippen molar-refractivity contribution in [1.29, 1.82) is 0 Å². The highest BCUT2D eigenvalue weighted by Gasteiger charge is 2.49. The molecule has 1 saturated heterocycles. The third-order valence-electron chi connectivity index (χ3n) is 4.48. The number of halogens is 1. The van der Waals surface area contributed by atoms with Gasteiger partial charge in [-0.25, -0.2) is 4.79 Å². The van der Waals surface area contributed by atoms with E-state index >= 15 is 0 Å². The molecule has 128 valence electrons. The highest BCUT2D eigenvalue weighted by molar-refractivity contribution is 6.30. The number of hydrogen-bond donors (Lipinski definition) is 1. The van der Waals surface area contributed by atoms with Crippen molar-refractivity contribution in [1.82, 2.24) is 10.2 Å². The largest absolute Gasteiger partial charge is 0.454 e. The molecule has 6 nitrogen and oxygen atoms in total. The van der Waals surface area contributed by atoms with Crippen LogP contribution in [0.15, 0.2) is 42.5 Å². The van der Waals surface area contributed by atoms with E-state index in [1.54, 1.807) is 49.4 Å². The maximum absolute atomic E-state index is 13.0. The highest BCUT2D eigenvalue weighted by Crippen LogP contribution is 2.38. The lowest BCUT2D eigenvalue weighted by Gasteiger charge is -2.22. The molecule has 3 amide bonds. The molecular formula is C18H15ClN2O4. The lowest BCUT2D eigenvalue weighted by atomic mass is 9.91. The summed E-state index contributed by atoms with van der Waals surface area (Å²) in [5.41, 5.74) is 0.321. The molecule has 0 aromatic heterocycles. The van der Waals surface area contributed by atoms with Gasteiger partial charge in [-0.15, -0.1) is 0 Å². The number of imide groups is 1. The van der Waals surface area contributed by atoms with Crippen molar-refractivity contribution in [3.63, 3.8) is 0 Å². The van der Waals surface area contributed by atoms with Crippen LogP contribution >= 0.6 is 11.6 Å². The Balaban J connectivity index is 1.62. The van der Waals surface area contributed by atoms with E-state index in [2.05, 4.69) is 5.32 Å². The van der Waals surface area contributed by atoms with Gasteiger partial charge in [0.1, 0.15) is 5.54 Å². The summed E-state index contributed by atoms with van der Waals surface area (Å²) in [6, 6.07) is 11.8. The average Bonchev–Trinajstić information content (AvgIpc) is 3.15. The van der Waals surface area contributed by atoms with Gasteiger partial charge < -0.3 is 14.8 Å². The Labute approximate surface area is 149 Å². The van der Waals surface area contributed by atoms with E-state index < -0.39 is 11.6 Å². The number of amides is 3. The molecule has 1 N–H and O–H groups in total. The van der Waals surface area contributed by atoms with Gasteiger partial charge in [0.2, 0.25) is 6.79 Å². The predicted molar refractivity (Wildman–Crippen MR) is 90.5 cm³/mol. The molecule has 4 rings (SSSR count). The van der Waals surface area contributed by atoms with Crippen LogP contribution in [0.2, 0.25) is 5.02 Å². The van der Waals surface area contributed by atoms with E-state index in [9.17, 15) is 9.59 Å². The van der Waals surface area contributed by atoms with Crippen LogP contribution in [0.25, 0.3) is 0 Å². The van der Waals surface area contributed by atoms with Crippen LogP contribution in [0.4, 0.5) is 4.79 Å². The Hall–Kier alpha value is -2.73. The summed E-state index contributed by atoms with van der Waals surface area (Å²) < 4.78 is 10.7. The zero-order chi connectivity index (χ0) is 17.6. The molecule has 0 spiro atoms. The van der Waals surface area contributed by atoms with Gasteiger partial charge in [0, 0.05) is 5.02 Å². The second-order valence-corrected chi connectivity index (χ2v) is 6.58. The van der Waals surface area contributed by atoms with Gasteiger partial charge >= 0.3 is 6.03 Å². The smallest absolute Gasteiger partial charge is 0.325 e. The van der Waals surface area contributed by atoms with Gasteiger partial charge in [0.15, 0.2) is 11.5 Å². The average molecular weight is 359 g/mol. The second kappa shape index (κ2) is 5.67. The van der Waals surface area contributed by atoms with Crippen molar-refractivity contribution in [2.45, 2.75) is 19.0 Å². The first-order chi connectivity index (χ1) is 12.0. The second-order valence-electron chi connectivity index (χ2n) is 6.14. The summed E-state index contributed by atoms with van der Waals surface area (Å²) in [4.78, 5) is 26.5.